The van der Waals surface area contributed by atoms with Crippen molar-refractivity contribution in [2.24, 2.45) is 0 Å². The van der Waals surface area contributed by atoms with Gasteiger partial charge in [-0.25, -0.2) is 0 Å². The summed E-state index contributed by atoms with van der Waals surface area (Å²) in [6.45, 7) is 1.95. The Balaban J connectivity index is 2.30. The summed E-state index contributed by atoms with van der Waals surface area (Å²) >= 11 is 2.24. The molecule has 0 saturated carbocycles. The maximum atomic E-state index is 9.03. The van der Waals surface area contributed by atoms with Gasteiger partial charge in [-0.1, -0.05) is 6.07 Å². The lowest BCUT2D eigenvalue weighted by molar-refractivity contribution is 0.481. The van der Waals surface area contributed by atoms with Gasteiger partial charge in [-0.3, -0.25) is 0 Å². The highest BCUT2D eigenvalue weighted by molar-refractivity contribution is 14.1. The van der Waals surface area contributed by atoms with E-state index in [1.807, 2.05) is 49.4 Å². The molecule has 2 aromatic rings. The lowest BCUT2D eigenvalue weighted by Crippen LogP contribution is -1.89. The number of aryl methyl sites for hydroxylation is 1. The van der Waals surface area contributed by atoms with Crippen LogP contribution >= 0.6 is 22.6 Å². The van der Waals surface area contributed by atoms with Gasteiger partial charge in [0, 0.05) is 3.57 Å². The van der Waals surface area contributed by atoms with E-state index in [-0.39, 0.29) is 0 Å². The zero-order valence-corrected chi connectivity index (χ0v) is 11.4. The van der Waals surface area contributed by atoms with Gasteiger partial charge in [0.2, 0.25) is 0 Å². The van der Waals surface area contributed by atoms with E-state index in [4.69, 9.17) is 10.00 Å². The predicted molar refractivity (Wildman–Crippen MR) is 75.1 cm³/mol. The summed E-state index contributed by atoms with van der Waals surface area (Å²) in [7, 11) is 0. The first-order valence-electron chi connectivity index (χ1n) is 5.13. The summed E-state index contributed by atoms with van der Waals surface area (Å²) in [4.78, 5) is 0. The van der Waals surface area contributed by atoms with Gasteiger partial charge < -0.3 is 4.74 Å². The minimum Gasteiger partial charge on any atom is -0.456 e. The summed E-state index contributed by atoms with van der Waals surface area (Å²) in [6, 6.07) is 15.4. The molecule has 3 heteroatoms. The molecule has 0 saturated heterocycles. The molecule has 0 unspecified atom stereocenters. The Labute approximate surface area is 114 Å². The lowest BCUT2D eigenvalue weighted by atomic mass is 10.1. The number of rotatable bonds is 2. The van der Waals surface area contributed by atoms with E-state index in [9.17, 15) is 0 Å². The van der Waals surface area contributed by atoms with E-state index in [1.165, 1.54) is 0 Å². The van der Waals surface area contributed by atoms with Gasteiger partial charge in [-0.05, 0) is 71.5 Å². The molecule has 0 bridgehead atoms. The zero-order chi connectivity index (χ0) is 12.3. The van der Waals surface area contributed by atoms with Crippen molar-refractivity contribution in [2.75, 3.05) is 0 Å². The average molecular weight is 335 g/mol. The minimum absolute atomic E-state index is 0.559. The molecule has 2 nitrogen and oxygen atoms in total. The van der Waals surface area contributed by atoms with Gasteiger partial charge in [-0.2, -0.15) is 5.26 Å². The number of nitrogens with zero attached hydrogens (tertiary/aromatic N) is 1. The lowest BCUT2D eigenvalue weighted by Gasteiger charge is -2.07. The highest BCUT2D eigenvalue weighted by atomic mass is 127. The van der Waals surface area contributed by atoms with Crippen molar-refractivity contribution in [3.05, 3.63) is 57.2 Å². The molecule has 0 N–H and O–H groups in total. The molecule has 0 aliphatic heterocycles. The van der Waals surface area contributed by atoms with Gasteiger partial charge in [0.05, 0.1) is 5.56 Å². The molecule has 84 valence electrons. The molecule has 0 amide bonds. The highest BCUT2D eigenvalue weighted by Crippen LogP contribution is 2.26. The van der Waals surface area contributed by atoms with E-state index in [0.717, 1.165) is 14.9 Å². The van der Waals surface area contributed by atoms with Crippen molar-refractivity contribution in [3.63, 3.8) is 0 Å². The summed E-state index contributed by atoms with van der Waals surface area (Å²) in [5.41, 5.74) is 1.61. The van der Waals surface area contributed by atoms with Crippen LogP contribution in [0.5, 0.6) is 11.5 Å². The molecule has 0 heterocycles. The fourth-order valence-corrected chi connectivity index (χ4v) is 1.81. The number of benzene rings is 2. The van der Waals surface area contributed by atoms with Gasteiger partial charge in [0.25, 0.3) is 0 Å². The van der Waals surface area contributed by atoms with Crippen LogP contribution in [-0.4, -0.2) is 0 Å². The van der Waals surface area contributed by atoms with Crippen molar-refractivity contribution in [1.29, 1.82) is 5.26 Å². The van der Waals surface area contributed by atoms with Crippen molar-refractivity contribution < 1.29 is 4.74 Å². The second kappa shape index (κ2) is 5.19. The normalized spacial score (nSPS) is 9.71. The molecular formula is C14H10INO. The molecule has 17 heavy (non-hydrogen) atoms. The molecular weight excluding hydrogens is 325 g/mol. The second-order valence-corrected chi connectivity index (χ2v) is 4.91. The molecule has 0 aliphatic rings. The molecule has 0 spiro atoms. The number of hydrogen-bond donors (Lipinski definition) is 0. The smallest absolute Gasteiger partial charge is 0.145 e. The maximum Gasteiger partial charge on any atom is 0.145 e. The highest BCUT2D eigenvalue weighted by Gasteiger charge is 2.04. The number of ether oxygens (including phenoxy) is 1. The van der Waals surface area contributed by atoms with Crippen molar-refractivity contribution >= 4 is 22.6 Å². The number of hydrogen-bond acceptors (Lipinski definition) is 2. The first kappa shape index (κ1) is 11.9. The monoisotopic (exact) mass is 335 g/mol. The van der Waals surface area contributed by atoms with Crippen LogP contribution in [0, 0.1) is 21.8 Å². The van der Waals surface area contributed by atoms with Crippen LogP contribution < -0.4 is 4.74 Å². The summed E-state index contributed by atoms with van der Waals surface area (Å²) < 4.78 is 6.84. The van der Waals surface area contributed by atoms with Gasteiger partial charge in [0.15, 0.2) is 0 Å². The molecule has 2 aromatic carbocycles. The molecule has 0 fully saturated rings. The quantitative estimate of drug-likeness (QED) is 0.768. The fraction of sp³-hybridized carbons (Fsp3) is 0.0714. The summed E-state index contributed by atoms with van der Waals surface area (Å²) in [5, 5.41) is 9.03. The van der Waals surface area contributed by atoms with Crippen molar-refractivity contribution in [1.82, 2.24) is 0 Å². The predicted octanol–water partition coefficient (Wildman–Crippen LogP) is 4.26. The Bertz CT molecular complexity index is 570. The average Bonchev–Trinajstić information content (AvgIpc) is 2.34. The first-order valence-corrected chi connectivity index (χ1v) is 6.21. The van der Waals surface area contributed by atoms with Crippen LogP contribution in [-0.2, 0) is 0 Å². The molecule has 0 aromatic heterocycles. The largest absolute Gasteiger partial charge is 0.456 e. The van der Waals surface area contributed by atoms with E-state index in [0.29, 0.717) is 11.3 Å². The zero-order valence-electron chi connectivity index (χ0n) is 9.27. The van der Waals surface area contributed by atoms with Crippen molar-refractivity contribution in [3.8, 4) is 17.6 Å². The maximum absolute atomic E-state index is 9.03. The van der Waals surface area contributed by atoms with Crippen LogP contribution in [0.2, 0.25) is 0 Å². The van der Waals surface area contributed by atoms with E-state index in [2.05, 4.69) is 28.7 Å². The Morgan fingerprint density at radius 3 is 2.47 bits per heavy atom. The SMILES string of the molecule is Cc1ccc(Oc2ccc(I)cc2)c(C#N)c1. The van der Waals surface area contributed by atoms with Crippen LogP contribution in [0.3, 0.4) is 0 Å². The Hall–Kier alpha value is -1.54. The van der Waals surface area contributed by atoms with Crippen LogP contribution in [0.1, 0.15) is 11.1 Å². The summed E-state index contributed by atoms with van der Waals surface area (Å²) in [6.07, 6.45) is 0. The third kappa shape index (κ3) is 2.98. The van der Waals surface area contributed by atoms with Crippen LogP contribution in [0.15, 0.2) is 42.5 Å². The van der Waals surface area contributed by atoms with E-state index < -0.39 is 0 Å². The second-order valence-electron chi connectivity index (χ2n) is 3.67. The van der Waals surface area contributed by atoms with Gasteiger partial charge >= 0.3 is 0 Å². The topological polar surface area (TPSA) is 33.0 Å². The Morgan fingerprint density at radius 1 is 1.12 bits per heavy atom. The molecule has 0 atom stereocenters. The number of nitriles is 1. The van der Waals surface area contributed by atoms with Crippen LogP contribution in [0.25, 0.3) is 0 Å². The van der Waals surface area contributed by atoms with Crippen molar-refractivity contribution in [2.45, 2.75) is 6.92 Å². The first-order chi connectivity index (χ1) is 8.19. The van der Waals surface area contributed by atoms with Gasteiger partial charge in [-0.15, -0.1) is 0 Å². The summed E-state index contributed by atoms with van der Waals surface area (Å²) in [5.74, 6) is 1.34. The van der Waals surface area contributed by atoms with E-state index in [1.54, 1.807) is 0 Å². The van der Waals surface area contributed by atoms with E-state index >= 15 is 0 Å². The molecule has 2 rings (SSSR count). The minimum atomic E-state index is 0.559. The fourth-order valence-electron chi connectivity index (χ4n) is 1.45. The number of halogens is 1. The Kier molecular flexibility index (Phi) is 3.64. The molecule has 0 radical (unpaired) electrons. The third-order valence-electron chi connectivity index (χ3n) is 2.30. The Morgan fingerprint density at radius 2 is 1.82 bits per heavy atom. The van der Waals surface area contributed by atoms with Gasteiger partial charge in [0.1, 0.15) is 17.6 Å². The van der Waals surface area contributed by atoms with Crippen LogP contribution in [0.4, 0.5) is 0 Å². The standard InChI is InChI=1S/C14H10INO/c1-10-2-7-14(11(8-10)9-16)17-13-5-3-12(15)4-6-13/h2-8H,1H3. The molecule has 0 aliphatic carbocycles. The third-order valence-corrected chi connectivity index (χ3v) is 3.02.